The second kappa shape index (κ2) is 9.86. The highest BCUT2D eigenvalue weighted by atomic mass is 19.1. The zero-order valence-corrected chi connectivity index (χ0v) is 18.8. The number of rotatable bonds is 6. The van der Waals surface area contributed by atoms with Crippen molar-refractivity contribution in [1.82, 2.24) is 0 Å². The number of hydrogen-bond acceptors (Lipinski definition) is 3. The van der Waals surface area contributed by atoms with Crippen LogP contribution in [0.2, 0.25) is 0 Å². The minimum absolute atomic E-state index is 0.0779. The van der Waals surface area contributed by atoms with Crippen LogP contribution in [0.3, 0.4) is 0 Å². The minimum Gasteiger partial charge on any atom is -0.497 e. The van der Waals surface area contributed by atoms with Gasteiger partial charge >= 0.3 is 0 Å². The van der Waals surface area contributed by atoms with Gasteiger partial charge in [0.1, 0.15) is 11.6 Å². The molecule has 1 heterocycles. The van der Waals surface area contributed by atoms with Crippen LogP contribution in [0.4, 0.5) is 15.8 Å². The third-order valence-electron chi connectivity index (χ3n) is 6.13. The van der Waals surface area contributed by atoms with Crippen LogP contribution >= 0.6 is 0 Å². The Kier molecular flexibility index (Phi) is 6.73. The number of amides is 2. The van der Waals surface area contributed by atoms with E-state index in [0.717, 1.165) is 6.42 Å². The molecule has 1 fully saturated rings. The van der Waals surface area contributed by atoms with Crippen molar-refractivity contribution >= 4 is 23.2 Å². The van der Waals surface area contributed by atoms with Gasteiger partial charge in [-0.3, -0.25) is 9.59 Å². The fourth-order valence-electron chi connectivity index (χ4n) is 4.31. The normalized spacial score (nSPS) is 18.2. The highest BCUT2D eigenvalue weighted by Crippen LogP contribution is 2.41. The van der Waals surface area contributed by atoms with Gasteiger partial charge in [-0.1, -0.05) is 31.2 Å². The summed E-state index contributed by atoms with van der Waals surface area (Å²) in [6, 6.07) is 20.4. The Labute approximate surface area is 193 Å². The molecule has 1 aliphatic rings. The number of aryl methyl sites for hydroxylation is 1. The topological polar surface area (TPSA) is 58.6 Å². The second-order valence-corrected chi connectivity index (χ2v) is 8.14. The third kappa shape index (κ3) is 4.90. The van der Waals surface area contributed by atoms with Gasteiger partial charge in [0.25, 0.3) is 0 Å². The summed E-state index contributed by atoms with van der Waals surface area (Å²) in [6.45, 7) is 2.08. The summed E-state index contributed by atoms with van der Waals surface area (Å²) in [5.41, 5.74) is 3.27. The van der Waals surface area contributed by atoms with E-state index in [1.165, 1.54) is 17.7 Å². The molecule has 33 heavy (non-hydrogen) atoms. The predicted octanol–water partition coefficient (Wildman–Crippen LogP) is 5.52. The van der Waals surface area contributed by atoms with Gasteiger partial charge in [0, 0.05) is 17.8 Å². The molecule has 1 N–H and O–H groups in total. The van der Waals surface area contributed by atoms with Crippen molar-refractivity contribution in [2.75, 3.05) is 17.3 Å². The molecular formula is C27H27FN2O3. The highest BCUT2D eigenvalue weighted by Gasteiger charge is 2.41. The van der Waals surface area contributed by atoms with Crippen molar-refractivity contribution in [2.45, 2.75) is 32.2 Å². The Morgan fingerprint density at radius 3 is 2.30 bits per heavy atom. The van der Waals surface area contributed by atoms with Gasteiger partial charge in [0.15, 0.2) is 0 Å². The van der Waals surface area contributed by atoms with Crippen LogP contribution in [0.1, 0.15) is 36.9 Å². The van der Waals surface area contributed by atoms with Crippen LogP contribution < -0.4 is 15.0 Å². The molecule has 0 aliphatic carbocycles. The average Bonchev–Trinajstić information content (AvgIpc) is 2.85. The smallest absolute Gasteiger partial charge is 0.229 e. The number of nitrogens with zero attached hydrogens (tertiary/aromatic N) is 1. The van der Waals surface area contributed by atoms with E-state index in [9.17, 15) is 14.0 Å². The van der Waals surface area contributed by atoms with E-state index >= 15 is 0 Å². The number of anilines is 2. The first kappa shape index (κ1) is 22.5. The van der Waals surface area contributed by atoms with Crippen LogP contribution in [0.25, 0.3) is 0 Å². The fourth-order valence-corrected chi connectivity index (χ4v) is 4.31. The van der Waals surface area contributed by atoms with Gasteiger partial charge in [0.2, 0.25) is 11.8 Å². The molecule has 3 aromatic rings. The molecule has 4 rings (SSSR count). The molecule has 0 unspecified atom stereocenters. The number of methoxy groups -OCH3 is 1. The van der Waals surface area contributed by atoms with Gasteiger partial charge in [0.05, 0.1) is 19.1 Å². The Morgan fingerprint density at radius 1 is 1.03 bits per heavy atom. The van der Waals surface area contributed by atoms with E-state index in [-0.39, 0.29) is 24.1 Å². The van der Waals surface area contributed by atoms with Gasteiger partial charge in [-0.25, -0.2) is 4.39 Å². The predicted molar refractivity (Wildman–Crippen MR) is 127 cm³/mol. The Morgan fingerprint density at radius 2 is 1.70 bits per heavy atom. The molecule has 0 bridgehead atoms. The van der Waals surface area contributed by atoms with Gasteiger partial charge in [-0.05, 0) is 72.5 Å². The standard InChI is InChI=1S/C27H27FN2O3/c1-3-18-4-10-21(11-5-18)29-27(32)24-16-17-25(31)30(22-12-14-23(33-2)15-13-22)26(24)19-6-8-20(28)9-7-19/h4-15,24,26H,3,16-17H2,1-2H3,(H,29,32)/t24-,26-/m1/s1. The van der Waals surface area contributed by atoms with Gasteiger partial charge in [-0.2, -0.15) is 0 Å². The van der Waals surface area contributed by atoms with Crippen molar-refractivity contribution in [3.8, 4) is 5.75 Å². The number of hydrogen-bond donors (Lipinski definition) is 1. The number of carbonyl (C=O) groups is 2. The fraction of sp³-hybridized carbons (Fsp3) is 0.259. The van der Waals surface area contributed by atoms with Crippen LogP contribution in [0.15, 0.2) is 72.8 Å². The van der Waals surface area contributed by atoms with Crippen LogP contribution in [-0.4, -0.2) is 18.9 Å². The molecule has 1 aliphatic heterocycles. The van der Waals surface area contributed by atoms with Gasteiger partial charge in [-0.15, -0.1) is 0 Å². The maximum absolute atomic E-state index is 13.7. The molecule has 1 saturated heterocycles. The largest absolute Gasteiger partial charge is 0.497 e. The summed E-state index contributed by atoms with van der Waals surface area (Å²) in [6.07, 6.45) is 1.57. The molecule has 3 aromatic carbocycles. The van der Waals surface area contributed by atoms with E-state index < -0.39 is 12.0 Å². The van der Waals surface area contributed by atoms with E-state index in [1.807, 2.05) is 24.3 Å². The van der Waals surface area contributed by atoms with Crippen molar-refractivity contribution in [3.63, 3.8) is 0 Å². The molecular weight excluding hydrogens is 419 g/mol. The van der Waals surface area contributed by atoms with E-state index in [4.69, 9.17) is 4.74 Å². The zero-order chi connectivity index (χ0) is 23.4. The Balaban J connectivity index is 1.69. The van der Waals surface area contributed by atoms with Crippen molar-refractivity contribution in [3.05, 3.63) is 89.7 Å². The summed E-state index contributed by atoms with van der Waals surface area (Å²) in [7, 11) is 1.58. The first-order chi connectivity index (χ1) is 16.0. The number of nitrogens with one attached hydrogen (secondary N) is 1. The minimum atomic E-state index is -0.560. The summed E-state index contributed by atoms with van der Waals surface area (Å²) in [5, 5.41) is 3.01. The lowest BCUT2D eigenvalue weighted by molar-refractivity contribution is -0.125. The van der Waals surface area contributed by atoms with Crippen molar-refractivity contribution in [2.24, 2.45) is 5.92 Å². The number of carbonyl (C=O) groups excluding carboxylic acids is 2. The molecule has 170 valence electrons. The lowest BCUT2D eigenvalue weighted by Gasteiger charge is -2.41. The molecule has 0 radical (unpaired) electrons. The van der Waals surface area contributed by atoms with E-state index in [2.05, 4.69) is 12.2 Å². The number of halogens is 1. The van der Waals surface area contributed by atoms with E-state index in [0.29, 0.717) is 29.1 Å². The number of ether oxygens (including phenoxy) is 1. The molecule has 6 heteroatoms. The second-order valence-electron chi connectivity index (χ2n) is 8.14. The van der Waals surface area contributed by atoms with Crippen LogP contribution in [0, 0.1) is 11.7 Å². The number of piperidine rings is 1. The first-order valence-corrected chi connectivity index (χ1v) is 11.1. The van der Waals surface area contributed by atoms with Crippen molar-refractivity contribution in [1.29, 1.82) is 0 Å². The molecule has 2 amide bonds. The highest BCUT2D eigenvalue weighted by molar-refractivity contribution is 6.00. The first-order valence-electron chi connectivity index (χ1n) is 11.1. The van der Waals surface area contributed by atoms with Crippen LogP contribution in [0.5, 0.6) is 5.75 Å². The maximum Gasteiger partial charge on any atom is 0.229 e. The van der Waals surface area contributed by atoms with Gasteiger partial charge < -0.3 is 15.0 Å². The van der Waals surface area contributed by atoms with E-state index in [1.54, 1.807) is 48.4 Å². The number of benzene rings is 3. The molecule has 0 spiro atoms. The summed E-state index contributed by atoms with van der Waals surface area (Å²) in [5.74, 6) is -0.438. The monoisotopic (exact) mass is 446 g/mol. The van der Waals surface area contributed by atoms with Crippen LogP contribution in [-0.2, 0) is 16.0 Å². The Hall–Kier alpha value is -3.67. The molecule has 0 saturated carbocycles. The SMILES string of the molecule is CCc1ccc(NC(=O)[C@@H]2CCC(=O)N(c3ccc(OC)cc3)[C@@H]2c2ccc(F)cc2)cc1. The summed E-state index contributed by atoms with van der Waals surface area (Å²) < 4.78 is 18.9. The average molecular weight is 447 g/mol. The molecule has 2 atom stereocenters. The van der Waals surface area contributed by atoms with Crippen molar-refractivity contribution < 1.29 is 18.7 Å². The lowest BCUT2D eigenvalue weighted by atomic mass is 9.83. The zero-order valence-electron chi connectivity index (χ0n) is 18.8. The Bertz CT molecular complexity index is 1110. The molecule has 0 aromatic heterocycles. The molecule has 5 nitrogen and oxygen atoms in total. The summed E-state index contributed by atoms with van der Waals surface area (Å²) >= 11 is 0. The lowest BCUT2D eigenvalue weighted by Crippen LogP contribution is -2.47. The maximum atomic E-state index is 13.7. The quantitative estimate of drug-likeness (QED) is 0.542. The third-order valence-corrected chi connectivity index (χ3v) is 6.13. The summed E-state index contributed by atoms with van der Waals surface area (Å²) in [4.78, 5) is 28.2.